The molecule has 70 valence electrons. The van der Waals surface area contributed by atoms with Crippen molar-refractivity contribution in [1.82, 2.24) is 0 Å². The fourth-order valence-electron chi connectivity index (χ4n) is 1.45. The van der Waals surface area contributed by atoms with E-state index in [1.54, 1.807) is 0 Å². The summed E-state index contributed by atoms with van der Waals surface area (Å²) in [5.74, 6) is 0.807. The minimum atomic E-state index is -1.44. The van der Waals surface area contributed by atoms with Crippen LogP contribution >= 0.6 is 0 Å². The lowest BCUT2D eigenvalue weighted by molar-refractivity contribution is -0.0832. The van der Waals surface area contributed by atoms with Gasteiger partial charge in [0.05, 0.1) is 12.2 Å². The Morgan fingerprint density at radius 3 is 2.00 bits per heavy atom. The van der Waals surface area contributed by atoms with Gasteiger partial charge in [0.1, 0.15) is 6.07 Å². The number of rotatable bonds is 2. The first kappa shape index (κ1) is 10.1. The van der Waals surface area contributed by atoms with E-state index in [4.69, 9.17) is 21.2 Å². The summed E-state index contributed by atoms with van der Waals surface area (Å²) in [6.45, 7) is 3.97. The van der Waals surface area contributed by atoms with E-state index in [2.05, 4.69) is 5.92 Å². The lowest BCUT2D eigenvalue weighted by Gasteiger charge is -2.11. The number of nitriles is 1. The third kappa shape index (κ3) is 1.67. The van der Waals surface area contributed by atoms with Crippen LogP contribution < -0.4 is 0 Å². The van der Waals surface area contributed by atoms with Gasteiger partial charge in [-0.2, -0.15) is 5.26 Å². The van der Waals surface area contributed by atoms with Gasteiger partial charge in [-0.05, 0) is 18.8 Å². The van der Waals surface area contributed by atoms with Crippen molar-refractivity contribution in [3.05, 3.63) is 0 Å². The second kappa shape index (κ2) is 3.79. The monoisotopic (exact) mass is 179 g/mol. The van der Waals surface area contributed by atoms with Gasteiger partial charge in [-0.15, -0.1) is 6.42 Å². The van der Waals surface area contributed by atoms with Crippen LogP contribution in [0.25, 0.3) is 0 Å². The molecule has 0 aromatic heterocycles. The molecule has 0 N–H and O–H groups in total. The van der Waals surface area contributed by atoms with Crippen LogP contribution in [0.2, 0.25) is 0 Å². The quantitative estimate of drug-likeness (QED) is 0.602. The fraction of sp³-hybridized carbons (Fsp3) is 0.700. The normalized spacial score (nSPS) is 38.2. The van der Waals surface area contributed by atoms with E-state index in [-0.39, 0.29) is 12.2 Å². The van der Waals surface area contributed by atoms with E-state index >= 15 is 0 Å². The van der Waals surface area contributed by atoms with Gasteiger partial charge < -0.3 is 9.47 Å². The Bertz CT molecular complexity index is 233. The summed E-state index contributed by atoms with van der Waals surface area (Å²) in [5, 5.41) is 8.80. The van der Waals surface area contributed by atoms with E-state index in [9.17, 15) is 0 Å². The number of nitrogens with zero attached hydrogens (tertiary/aromatic N) is 1. The molecule has 1 rings (SSSR count). The predicted molar refractivity (Wildman–Crippen MR) is 47.5 cm³/mol. The van der Waals surface area contributed by atoms with Crippen molar-refractivity contribution < 1.29 is 9.47 Å². The Morgan fingerprint density at radius 2 is 1.77 bits per heavy atom. The standard InChI is InChI=1S/C10H13NO2/c1-4-8-9(5-2)13-10(6-3,7-11)12-8/h3,8-9H,4-5H2,1-2H3. The zero-order valence-electron chi connectivity index (χ0n) is 7.91. The maximum absolute atomic E-state index is 8.80. The number of hydrogen-bond acceptors (Lipinski definition) is 3. The first-order valence-electron chi connectivity index (χ1n) is 4.46. The maximum atomic E-state index is 8.80. The highest BCUT2D eigenvalue weighted by atomic mass is 16.8. The molecule has 0 aliphatic carbocycles. The van der Waals surface area contributed by atoms with Crippen molar-refractivity contribution in [2.75, 3.05) is 0 Å². The highest BCUT2D eigenvalue weighted by Crippen LogP contribution is 2.31. The molecule has 0 bridgehead atoms. The molecule has 0 aromatic carbocycles. The van der Waals surface area contributed by atoms with E-state index in [1.807, 2.05) is 19.9 Å². The number of terminal acetylenes is 1. The summed E-state index contributed by atoms with van der Waals surface area (Å²) in [6.07, 6.45) is 6.70. The van der Waals surface area contributed by atoms with Crippen LogP contribution in [0.5, 0.6) is 0 Å². The van der Waals surface area contributed by atoms with Gasteiger partial charge in [-0.3, -0.25) is 0 Å². The second-order valence-corrected chi connectivity index (χ2v) is 3.00. The molecule has 3 heteroatoms. The van der Waals surface area contributed by atoms with Crippen molar-refractivity contribution in [3.63, 3.8) is 0 Å². The molecular weight excluding hydrogens is 166 g/mol. The minimum absolute atomic E-state index is 0.0549. The minimum Gasteiger partial charge on any atom is -0.322 e. The number of ether oxygens (including phenoxy) is 2. The average molecular weight is 179 g/mol. The summed E-state index contributed by atoms with van der Waals surface area (Å²) < 4.78 is 10.8. The van der Waals surface area contributed by atoms with Gasteiger partial charge in [0.25, 0.3) is 0 Å². The van der Waals surface area contributed by atoms with Gasteiger partial charge in [0.15, 0.2) is 0 Å². The van der Waals surface area contributed by atoms with Crippen LogP contribution in [-0.4, -0.2) is 18.0 Å². The van der Waals surface area contributed by atoms with E-state index in [1.165, 1.54) is 0 Å². The highest BCUT2D eigenvalue weighted by molar-refractivity contribution is 5.18. The topological polar surface area (TPSA) is 42.2 Å². The molecule has 0 saturated carbocycles. The molecule has 1 aliphatic heterocycles. The molecule has 3 nitrogen and oxygen atoms in total. The molecule has 1 fully saturated rings. The van der Waals surface area contributed by atoms with Crippen LogP contribution in [0, 0.1) is 23.7 Å². The summed E-state index contributed by atoms with van der Waals surface area (Å²) in [7, 11) is 0. The number of hydrogen-bond donors (Lipinski definition) is 0. The first-order valence-corrected chi connectivity index (χ1v) is 4.46. The van der Waals surface area contributed by atoms with Crippen molar-refractivity contribution in [3.8, 4) is 18.4 Å². The zero-order chi connectivity index (χ0) is 9.90. The summed E-state index contributed by atoms with van der Waals surface area (Å²) in [6, 6.07) is 1.88. The Morgan fingerprint density at radius 1 is 1.31 bits per heavy atom. The summed E-state index contributed by atoms with van der Waals surface area (Å²) >= 11 is 0. The van der Waals surface area contributed by atoms with Crippen LogP contribution in [0.1, 0.15) is 26.7 Å². The maximum Gasteiger partial charge on any atom is 0.326 e. The molecule has 1 saturated heterocycles. The Kier molecular flexibility index (Phi) is 2.93. The predicted octanol–water partition coefficient (Wildman–Crippen LogP) is 1.44. The largest absolute Gasteiger partial charge is 0.326 e. The first-order chi connectivity index (χ1) is 6.21. The molecule has 2 atom stereocenters. The molecule has 0 radical (unpaired) electrons. The van der Waals surface area contributed by atoms with Crippen LogP contribution in [-0.2, 0) is 9.47 Å². The zero-order valence-corrected chi connectivity index (χ0v) is 7.91. The second-order valence-electron chi connectivity index (χ2n) is 3.00. The Labute approximate surface area is 78.6 Å². The highest BCUT2D eigenvalue weighted by Gasteiger charge is 2.45. The molecule has 2 unspecified atom stereocenters. The fourth-order valence-corrected chi connectivity index (χ4v) is 1.45. The van der Waals surface area contributed by atoms with Crippen molar-refractivity contribution in [2.45, 2.75) is 44.7 Å². The molecule has 0 spiro atoms. The van der Waals surface area contributed by atoms with Gasteiger partial charge in [-0.1, -0.05) is 13.8 Å². The molecule has 13 heavy (non-hydrogen) atoms. The van der Waals surface area contributed by atoms with Crippen LogP contribution in [0.4, 0.5) is 0 Å². The lowest BCUT2D eigenvalue weighted by Crippen LogP contribution is -2.26. The molecule has 1 aliphatic rings. The van der Waals surface area contributed by atoms with Crippen molar-refractivity contribution in [2.24, 2.45) is 0 Å². The summed E-state index contributed by atoms with van der Waals surface area (Å²) in [4.78, 5) is 0. The van der Waals surface area contributed by atoms with Crippen LogP contribution in [0.3, 0.4) is 0 Å². The molecule has 0 aromatic rings. The Balaban J connectivity index is 2.80. The van der Waals surface area contributed by atoms with Gasteiger partial charge in [0.2, 0.25) is 0 Å². The van der Waals surface area contributed by atoms with E-state index in [0.29, 0.717) is 0 Å². The third-order valence-corrected chi connectivity index (χ3v) is 2.19. The van der Waals surface area contributed by atoms with E-state index in [0.717, 1.165) is 12.8 Å². The third-order valence-electron chi connectivity index (χ3n) is 2.19. The smallest absolute Gasteiger partial charge is 0.322 e. The molecule has 0 amide bonds. The SMILES string of the molecule is C#CC1(C#N)OC(CC)C(CC)O1. The van der Waals surface area contributed by atoms with Gasteiger partial charge >= 0.3 is 5.79 Å². The van der Waals surface area contributed by atoms with Gasteiger partial charge in [0, 0.05) is 0 Å². The average Bonchev–Trinajstić information content (AvgIpc) is 2.57. The Hall–Kier alpha value is -1.03. The molecule has 1 heterocycles. The summed E-state index contributed by atoms with van der Waals surface area (Å²) in [5.41, 5.74) is 0. The van der Waals surface area contributed by atoms with Crippen LogP contribution in [0.15, 0.2) is 0 Å². The van der Waals surface area contributed by atoms with Gasteiger partial charge in [-0.25, -0.2) is 0 Å². The van der Waals surface area contributed by atoms with Crippen molar-refractivity contribution in [1.29, 1.82) is 5.26 Å². The lowest BCUT2D eigenvalue weighted by atomic mass is 10.1. The molecular formula is C10H13NO2. The van der Waals surface area contributed by atoms with E-state index < -0.39 is 5.79 Å². The van der Waals surface area contributed by atoms with Crippen molar-refractivity contribution >= 4 is 0 Å².